The Kier molecular flexibility index (Phi) is 2.51. The average molecular weight is 210 g/mol. The number of aliphatic hydroxyl groups excluding tert-OH is 1. The van der Waals surface area contributed by atoms with Crippen LogP contribution >= 0.6 is 11.5 Å². The molecule has 0 saturated heterocycles. The summed E-state index contributed by atoms with van der Waals surface area (Å²) in [5.41, 5.74) is 0.598. The molecule has 0 fully saturated rings. The first-order chi connectivity index (χ1) is 6.79. The summed E-state index contributed by atoms with van der Waals surface area (Å²) in [5.74, 6) is -0.437. The zero-order valence-corrected chi connectivity index (χ0v) is 7.91. The molecule has 1 atom stereocenters. The molecule has 72 valence electrons. The predicted molar refractivity (Wildman–Crippen MR) is 50.4 cm³/mol. The van der Waals surface area contributed by atoms with Gasteiger partial charge in [0.2, 0.25) is 0 Å². The first kappa shape index (κ1) is 9.23. The highest BCUT2D eigenvalue weighted by Gasteiger charge is 2.16. The Labute approximate surface area is 84.0 Å². The summed E-state index contributed by atoms with van der Waals surface area (Å²) in [6.07, 6.45) is -1.03. The largest absolute Gasteiger partial charge is 0.382 e. The minimum atomic E-state index is -1.03. The predicted octanol–water partition coefficient (Wildman–Crippen LogP) is 1.76. The van der Waals surface area contributed by atoms with Gasteiger partial charge in [0.1, 0.15) is 17.6 Å². The van der Waals surface area contributed by atoms with Crippen LogP contribution in [0.15, 0.2) is 29.6 Å². The third-order valence-electron chi connectivity index (χ3n) is 1.86. The fourth-order valence-corrected chi connectivity index (χ4v) is 1.62. The van der Waals surface area contributed by atoms with E-state index in [1.165, 1.54) is 12.1 Å². The van der Waals surface area contributed by atoms with Crippen LogP contribution in [-0.4, -0.2) is 14.7 Å². The highest BCUT2D eigenvalue weighted by molar-refractivity contribution is 7.03. The summed E-state index contributed by atoms with van der Waals surface area (Å²) >= 11 is 1.12. The van der Waals surface area contributed by atoms with Crippen LogP contribution in [0.5, 0.6) is 0 Å². The van der Waals surface area contributed by atoms with Gasteiger partial charge in [0.25, 0.3) is 0 Å². The highest BCUT2D eigenvalue weighted by Crippen LogP contribution is 2.22. The molecule has 0 aliphatic rings. The van der Waals surface area contributed by atoms with Crippen LogP contribution in [-0.2, 0) is 0 Å². The normalized spacial score (nSPS) is 12.7. The van der Waals surface area contributed by atoms with Crippen molar-refractivity contribution in [3.05, 3.63) is 46.7 Å². The molecule has 0 saturated carbocycles. The van der Waals surface area contributed by atoms with Crippen molar-refractivity contribution < 1.29 is 9.50 Å². The van der Waals surface area contributed by atoms with Gasteiger partial charge in [-0.2, -0.15) is 0 Å². The minimum Gasteiger partial charge on any atom is -0.382 e. The highest BCUT2D eigenvalue weighted by atomic mass is 32.1. The molecule has 1 heterocycles. The van der Waals surface area contributed by atoms with E-state index in [2.05, 4.69) is 9.59 Å². The lowest BCUT2D eigenvalue weighted by atomic mass is 10.1. The molecule has 2 aromatic rings. The van der Waals surface area contributed by atoms with Gasteiger partial charge in [0, 0.05) is 10.9 Å². The van der Waals surface area contributed by atoms with E-state index in [0.717, 1.165) is 11.5 Å². The van der Waals surface area contributed by atoms with Crippen molar-refractivity contribution in [2.75, 3.05) is 0 Å². The number of benzene rings is 1. The maximum atomic E-state index is 13.2. The van der Waals surface area contributed by atoms with E-state index in [1.807, 2.05) is 0 Å². The van der Waals surface area contributed by atoms with Crippen molar-refractivity contribution in [3.8, 4) is 0 Å². The zero-order chi connectivity index (χ0) is 9.97. The van der Waals surface area contributed by atoms with E-state index in [1.54, 1.807) is 17.5 Å². The lowest BCUT2D eigenvalue weighted by Gasteiger charge is -2.07. The molecule has 0 amide bonds. The van der Waals surface area contributed by atoms with Gasteiger partial charge >= 0.3 is 0 Å². The number of hydrogen-bond acceptors (Lipinski definition) is 4. The van der Waals surface area contributed by atoms with Gasteiger partial charge < -0.3 is 5.11 Å². The SMILES string of the molecule is OC(c1csnn1)c1ccccc1F. The molecule has 1 unspecified atom stereocenters. The van der Waals surface area contributed by atoms with Gasteiger partial charge in [-0.3, -0.25) is 0 Å². The number of rotatable bonds is 2. The van der Waals surface area contributed by atoms with Crippen LogP contribution in [0.2, 0.25) is 0 Å². The van der Waals surface area contributed by atoms with E-state index in [-0.39, 0.29) is 5.56 Å². The lowest BCUT2D eigenvalue weighted by Crippen LogP contribution is -2.02. The molecular weight excluding hydrogens is 203 g/mol. The summed E-state index contributed by atoms with van der Waals surface area (Å²) in [7, 11) is 0. The van der Waals surface area contributed by atoms with Crippen molar-refractivity contribution in [2.45, 2.75) is 6.10 Å². The van der Waals surface area contributed by atoms with Crippen LogP contribution in [0.4, 0.5) is 4.39 Å². The van der Waals surface area contributed by atoms with Gasteiger partial charge in [-0.25, -0.2) is 4.39 Å². The Bertz CT molecular complexity index is 419. The smallest absolute Gasteiger partial charge is 0.129 e. The Hall–Kier alpha value is -1.33. The molecule has 0 spiro atoms. The van der Waals surface area contributed by atoms with Crippen LogP contribution in [0.1, 0.15) is 17.4 Å². The van der Waals surface area contributed by atoms with Crippen LogP contribution in [0, 0.1) is 5.82 Å². The second kappa shape index (κ2) is 3.81. The lowest BCUT2D eigenvalue weighted by molar-refractivity contribution is 0.210. The monoisotopic (exact) mass is 210 g/mol. The summed E-state index contributed by atoms with van der Waals surface area (Å²) in [5, 5.41) is 15.0. The van der Waals surface area contributed by atoms with Crippen molar-refractivity contribution in [3.63, 3.8) is 0 Å². The Morgan fingerprint density at radius 3 is 2.79 bits per heavy atom. The quantitative estimate of drug-likeness (QED) is 0.821. The third kappa shape index (κ3) is 1.64. The summed E-state index contributed by atoms with van der Waals surface area (Å²) < 4.78 is 16.8. The maximum absolute atomic E-state index is 13.2. The Morgan fingerprint density at radius 2 is 2.14 bits per heavy atom. The summed E-state index contributed by atoms with van der Waals surface area (Å²) in [4.78, 5) is 0. The van der Waals surface area contributed by atoms with Gasteiger partial charge in [0.15, 0.2) is 0 Å². The zero-order valence-electron chi connectivity index (χ0n) is 7.09. The van der Waals surface area contributed by atoms with Gasteiger partial charge in [-0.05, 0) is 17.6 Å². The van der Waals surface area contributed by atoms with E-state index in [4.69, 9.17) is 0 Å². The van der Waals surface area contributed by atoms with Crippen molar-refractivity contribution in [1.82, 2.24) is 9.59 Å². The van der Waals surface area contributed by atoms with Crippen molar-refractivity contribution in [2.24, 2.45) is 0 Å². The molecule has 1 aromatic heterocycles. The second-order valence-electron chi connectivity index (χ2n) is 2.75. The first-order valence-corrected chi connectivity index (χ1v) is 4.82. The Balaban J connectivity index is 2.37. The molecule has 3 nitrogen and oxygen atoms in total. The Morgan fingerprint density at radius 1 is 1.36 bits per heavy atom. The first-order valence-electron chi connectivity index (χ1n) is 3.98. The van der Waals surface area contributed by atoms with Gasteiger partial charge in [0.05, 0.1) is 0 Å². The fraction of sp³-hybridized carbons (Fsp3) is 0.111. The van der Waals surface area contributed by atoms with E-state index < -0.39 is 11.9 Å². The minimum absolute atomic E-state index is 0.222. The van der Waals surface area contributed by atoms with E-state index in [0.29, 0.717) is 5.69 Å². The number of nitrogens with zero attached hydrogens (tertiary/aromatic N) is 2. The topological polar surface area (TPSA) is 46.0 Å². The molecule has 0 bridgehead atoms. The van der Waals surface area contributed by atoms with Gasteiger partial charge in [-0.15, -0.1) is 5.10 Å². The molecule has 1 N–H and O–H groups in total. The third-order valence-corrected chi connectivity index (χ3v) is 2.38. The number of aromatic nitrogens is 2. The molecule has 2 rings (SSSR count). The molecule has 5 heteroatoms. The number of aliphatic hydroxyl groups is 1. The van der Waals surface area contributed by atoms with Crippen LogP contribution < -0.4 is 0 Å². The number of halogens is 1. The summed E-state index contributed by atoms with van der Waals surface area (Å²) in [6, 6.07) is 6.07. The molecule has 14 heavy (non-hydrogen) atoms. The second-order valence-corrected chi connectivity index (χ2v) is 3.36. The molecular formula is C9H7FN2OS. The average Bonchev–Trinajstić information content (AvgIpc) is 2.70. The molecule has 0 aliphatic carbocycles. The molecule has 0 aliphatic heterocycles. The van der Waals surface area contributed by atoms with E-state index in [9.17, 15) is 9.50 Å². The number of hydrogen-bond donors (Lipinski definition) is 1. The van der Waals surface area contributed by atoms with Crippen molar-refractivity contribution >= 4 is 11.5 Å². The fourth-order valence-electron chi connectivity index (χ4n) is 1.15. The maximum Gasteiger partial charge on any atom is 0.129 e. The van der Waals surface area contributed by atoms with Crippen LogP contribution in [0.25, 0.3) is 0 Å². The molecule has 0 radical (unpaired) electrons. The van der Waals surface area contributed by atoms with Gasteiger partial charge in [-0.1, -0.05) is 22.7 Å². The van der Waals surface area contributed by atoms with E-state index >= 15 is 0 Å². The van der Waals surface area contributed by atoms with Crippen molar-refractivity contribution in [1.29, 1.82) is 0 Å². The summed E-state index contributed by atoms with van der Waals surface area (Å²) in [6.45, 7) is 0. The molecule has 1 aromatic carbocycles. The van der Waals surface area contributed by atoms with Crippen LogP contribution in [0.3, 0.4) is 0 Å². The standard InChI is InChI=1S/C9H7FN2OS/c10-7-4-2-1-3-6(7)9(13)8-5-14-12-11-8/h1-5,9,13H.